The van der Waals surface area contributed by atoms with Crippen LogP contribution in [0.15, 0.2) is 35.3 Å². The molecule has 0 saturated heterocycles. The maximum atomic E-state index is 11.3. The summed E-state index contributed by atoms with van der Waals surface area (Å²) in [4.78, 5) is 19.3. The van der Waals surface area contributed by atoms with Crippen LogP contribution in [-0.2, 0) is 0 Å². The maximum Gasteiger partial charge on any atom is 0.279 e. The highest BCUT2D eigenvalue weighted by Crippen LogP contribution is 2.05. The van der Waals surface area contributed by atoms with Crippen molar-refractivity contribution in [2.24, 2.45) is 0 Å². The smallest absolute Gasteiger partial charge is 0.267 e. The van der Waals surface area contributed by atoms with Gasteiger partial charge in [-0.25, -0.2) is 4.98 Å². The molecule has 0 aliphatic carbocycles. The topological polar surface area (TPSA) is 42.9 Å². The second kappa shape index (κ2) is 2.94. The van der Waals surface area contributed by atoms with Gasteiger partial charge < -0.3 is 0 Å². The molecule has 0 aliphatic rings. The zero-order valence-electron chi connectivity index (χ0n) is 7.19. The summed E-state index contributed by atoms with van der Waals surface area (Å²) in [7, 11) is 0. The first kappa shape index (κ1) is 7.86. The molecule has 0 radical (unpaired) electrons. The number of aromatic nitrogens is 2. The Balaban J connectivity index is 3.00. The van der Waals surface area contributed by atoms with Gasteiger partial charge in [0.1, 0.15) is 0 Å². The van der Waals surface area contributed by atoms with Crippen molar-refractivity contribution in [3.8, 4) is 0 Å². The molecule has 0 saturated carbocycles. The fourth-order valence-electron chi connectivity index (χ4n) is 1.20. The Hall–Kier alpha value is -1.77. The van der Waals surface area contributed by atoms with Crippen LogP contribution in [0.4, 0.5) is 0 Å². The van der Waals surface area contributed by atoms with Crippen molar-refractivity contribution in [3.05, 3.63) is 46.5 Å². The SMILES string of the molecule is Cc1ccc2c(=O)ncccc2n1. The molecule has 3 heteroatoms. The van der Waals surface area contributed by atoms with E-state index < -0.39 is 0 Å². The maximum absolute atomic E-state index is 11.3. The molecular formula is C10H8N2O. The lowest BCUT2D eigenvalue weighted by Crippen LogP contribution is -2.01. The third-order valence-electron chi connectivity index (χ3n) is 1.83. The first-order valence-corrected chi connectivity index (χ1v) is 4.00. The van der Waals surface area contributed by atoms with Crippen molar-refractivity contribution in [2.75, 3.05) is 0 Å². The van der Waals surface area contributed by atoms with Gasteiger partial charge in [0.2, 0.25) is 0 Å². The molecule has 0 amide bonds. The fraction of sp³-hybridized carbons (Fsp3) is 0.100. The Morgan fingerprint density at radius 1 is 1.23 bits per heavy atom. The van der Waals surface area contributed by atoms with Crippen LogP contribution >= 0.6 is 0 Å². The largest absolute Gasteiger partial charge is 0.279 e. The number of fused-ring (bicyclic) bond motifs is 1. The van der Waals surface area contributed by atoms with Crippen LogP contribution in [0.1, 0.15) is 5.69 Å². The first-order chi connectivity index (χ1) is 6.27. The zero-order valence-corrected chi connectivity index (χ0v) is 7.19. The second-order valence-electron chi connectivity index (χ2n) is 2.83. The molecule has 13 heavy (non-hydrogen) atoms. The monoisotopic (exact) mass is 172 g/mol. The lowest BCUT2D eigenvalue weighted by Gasteiger charge is -1.91. The molecule has 0 fully saturated rings. The minimum atomic E-state index is -0.229. The Morgan fingerprint density at radius 3 is 2.92 bits per heavy atom. The molecule has 2 aromatic rings. The minimum Gasteiger partial charge on any atom is -0.267 e. The molecule has 0 N–H and O–H groups in total. The van der Waals surface area contributed by atoms with Gasteiger partial charge in [0.15, 0.2) is 0 Å². The average molecular weight is 172 g/mol. The van der Waals surface area contributed by atoms with E-state index in [2.05, 4.69) is 9.97 Å². The summed E-state index contributed by atoms with van der Waals surface area (Å²) in [6.07, 6.45) is 1.49. The van der Waals surface area contributed by atoms with E-state index in [9.17, 15) is 4.79 Å². The molecular weight excluding hydrogens is 164 g/mol. The van der Waals surface area contributed by atoms with E-state index in [0.717, 1.165) is 5.69 Å². The Bertz CT molecular complexity index is 508. The summed E-state index contributed by atoms with van der Waals surface area (Å²) in [6, 6.07) is 7.07. The number of hydrogen-bond donors (Lipinski definition) is 0. The van der Waals surface area contributed by atoms with Crippen LogP contribution in [0, 0.1) is 6.92 Å². The van der Waals surface area contributed by atoms with Gasteiger partial charge in [0, 0.05) is 11.9 Å². The summed E-state index contributed by atoms with van der Waals surface area (Å²) in [5.41, 5.74) is 1.37. The van der Waals surface area contributed by atoms with E-state index in [1.54, 1.807) is 18.2 Å². The second-order valence-corrected chi connectivity index (χ2v) is 2.83. The molecule has 2 aromatic heterocycles. The highest BCUT2D eigenvalue weighted by molar-refractivity contribution is 5.76. The van der Waals surface area contributed by atoms with Crippen molar-refractivity contribution in [2.45, 2.75) is 6.92 Å². The molecule has 64 valence electrons. The summed E-state index contributed by atoms with van der Waals surface area (Å²) in [5, 5.41) is 0.565. The van der Waals surface area contributed by atoms with Gasteiger partial charge in [0.05, 0.1) is 10.9 Å². The van der Waals surface area contributed by atoms with Gasteiger partial charge in [-0.3, -0.25) is 9.78 Å². The molecule has 0 aliphatic heterocycles. The lowest BCUT2D eigenvalue weighted by molar-refractivity contribution is 1.25. The number of rotatable bonds is 0. The van der Waals surface area contributed by atoms with E-state index in [1.807, 2.05) is 13.0 Å². The van der Waals surface area contributed by atoms with Gasteiger partial charge in [-0.2, -0.15) is 0 Å². The predicted molar refractivity (Wildman–Crippen MR) is 50.5 cm³/mol. The molecule has 0 bridgehead atoms. The quantitative estimate of drug-likeness (QED) is 0.601. The normalized spacial score (nSPS) is 10.2. The van der Waals surface area contributed by atoms with Crippen LogP contribution in [0.5, 0.6) is 0 Å². The van der Waals surface area contributed by atoms with Gasteiger partial charge >= 0.3 is 0 Å². The average Bonchev–Trinajstić information content (AvgIpc) is 2.28. The van der Waals surface area contributed by atoms with Crippen molar-refractivity contribution >= 4 is 10.9 Å². The predicted octanol–water partition coefficient (Wildman–Crippen LogP) is 1.30. The van der Waals surface area contributed by atoms with Crippen LogP contribution in [0.2, 0.25) is 0 Å². The molecule has 0 spiro atoms. The molecule has 0 atom stereocenters. The van der Waals surface area contributed by atoms with Crippen molar-refractivity contribution < 1.29 is 0 Å². The third kappa shape index (κ3) is 1.40. The number of nitrogens with zero attached hydrogens (tertiary/aromatic N) is 2. The molecule has 2 rings (SSSR count). The van der Waals surface area contributed by atoms with Crippen molar-refractivity contribution in [3.63, 3.8) is 0 Å². The third-order valence-corrected chi connectivity index (χ3v) is 1.83. The van der Waals surface area contributed by atoms with E-state index in [4.69, 9.17) is 0 Å². The summed E-state index contributed by atoms with van der Waals surface area (Å²) < 4.78 is 0. The minimum absolute atomic E-state index is 0.229. The van der Waals surface area contributed by atoms with Gasteiger partial charge in [0.25, 0.3) is 5.56 Å². The van der Waals surface area contributed by atoms with Gasteiger partial charge in [-0.05, 0) is 31.2 Å². The number of aryl methyl sites for hydroxylation is 1. The summed E-state index contributed by atoms with van der Waals surface area (Å²) in [5.74, 6) is 0. The van der Waals surface area contributed by atoms with Crippen LogP contribution in [-0.4, -0.2) is 9.97 Å². The number of hydrogen-bond acceptors (Lipinski definition) is 3. The Morgan fingerprint density at radius 2 is 2.08 bits per heavy atom. The molecule has 3 nitrogen and oxygen atoms in total. The summed E-state index contributed by atoms with van der Waals surface area (Å²) in [6.45, 7) is 1.89. The van der Waals surface area contributed by atoms with E-state index >= 15 is 0 Å². The standard InChI is InChI=1S/C10H8N2O/c1-7-4-5-8-9(12-7)3-2-6-11-10(8)13/h2-6H,1H3. The molecule has 0 aromatic carbocycles. The van der Waals surface area contributed by atoms with Crippen LogP contribution in [0.25, 0.3) is 10.9 Å². The zero-order chi connectivity index (χ0) is 9.26. The van der Waals surface area contributed by atoms with Crippen LogP contribution < -0.4 is 5.56 Å². The Labute approximate surface area is 75.1 Å². The van der Waals surface area contributed by atoms with Gasteiger partial charge in [-0.15, -0.1) is 0 Å². The van der Waals surface area contributed by atoms with E-state index in [-0.39, 0.29) is 5.56 Å². The highest BCUT2D eigenvalue weighted by Gasteiger charge is 1.96. The van der Waals surface area contributed by atoms with Crippen molar-refractivity contribution in [1.29, 1.82) is 0 Å². The Kier molecular flexibility index (Phi) is 1.77. The highest BCUT2D eigenvalue weighted by atomic mass is 16.1. The van der Waals surface area contributed by atoms with E-state index in [1.165, 1.54) is 6.20 Å². The van der Waals surface area contributed by atoms with Gasteiger partial charge in [-0.1, -0.05) is 0 Å². The van der Waals surface area contributed by atoms with E-state index in [0.29, 0.717) is 10.9 Å². The lowest BCUT2D eigenvalue weighted by atomic mass is 10.2. The molecule has 2 heterocycles. The van der Waals surface area contributed by atoms with Crippen LogP contribution in [0.3, 0.4) is 0 Å². The first-order valence-electron chi connectivity index (χ1n) is 4.00. The molecule has 0 unspecified atom stereocenters. The fourth-order valence-corrected chi connectivity index (χ4v) is 1.20. The summed E-state index contributed by atoms with van der Waals surface area (Å²) >= 11 is 0. The number of pyridine rings is 1. The van der Waals surface area contributed by atoms with Crippen molar-refractivity contribution in [1.82, 2.24) is 9.97 Å².